The molecule has 0 aliphatic carbocycles. The van der Waals surface area contributed by atoms with Crippen molar-refractivity contribution >= 4 is 5.69 Å². The van der Waals surface area contributed by atoms with Gasteiger partial charge < -0.3 is 9.73 Å². The lowest BCUT2D eigenvalue weighted by atomic mass is 10.1. The van der Waals surface area contributed by atoms with E-state index in [9.17, 15) is 0 Å². The Labute approximate surface area is 110 Å². The number of benzene rings is 1. The van der Waals surface area contributed by atoms with Crippen molar-refractivity contribution in [2.75, 3.05) is 5.32 Å². The van der Waals surface area contributed by atoms with Gasteiger partial charge in [0, 0.05) is 17.4 Å². The number of hydrogen-bond acceptors (Lipinski definition) is 5. The second-order valence-corrected chi connectivity index (χ2v) is 4.00. The molecule has 5 nitrogen and oxygen atoms in total. The normalized spacial score (nSPS) is 10.3. The summed E-state index contributed by atoms with van der Waals surface area (Å²) < 4.78 is 5.24. The molecule has 0 amide bonds. The fourth-order valence-corrected chi connectivity index (χ4v) is 1.73. The van der Waals surface area contributed by atoms with E-state index in [0.717, 1.165) is 22.7 Å². The van der Waals surface area contributed by atoms with Crippen LogP contribution in [0, 0.1) is 0 Å². The molecule has 1 aromatic carbocycles. The lowest BCUT2D eigenvalue weighted by Gasteiger charge is -2.06. The molecule has 0 saturated heterocycles. The highest BCUT2D eigenvalue weighted by Gasteiger charge is 2.01. The third kappa shape index (κ3) is 2.77. The number of nitrogens with zero attached hydrogens (tertiary/aromatic N) is 3. The van der Waals surface area contributed by atoms with Crippen molar-refractivity contribution in [3.8, 4) is 11.3 Å². The predicted octanol–water partition coefficient (Wildman–Crippen LogP) is 2.74. The highest BCUT2D eigenvalue weighted by atomic mass is 16.3. The Balaban J connectivity index is 1.67. The fourth-order valence-electron chi connectivity index (χ4n) is 1.73. The smallest absolute Gasteiger partial charge is 0.181 e. The van der Waals surface area contributed by atoms with E-state index < -0.39 is 0 Å². The Hall–Kier alpha value is -2.69. The summed E-state index contributed by atoms with van der Waals surface area (Å²) in [7, 11) is 0. The van der Waals surface area contributed by atoms with Gasteiger partial charge in [0.15, 0.2) is 12.2 Å². The maximum atomic E-state index is 5.24. The summed E-state index contributed by atoms with van der Waals surface area (Å²) >= 11 is 0. The molecule has 0 fully saturated rings. The van der Waals surface area contributed by atoms with Crippen LogP contribution in [0.1, 0.15) is 5.69 Å². The largest absolute Gasteiger partial charge is 0.444 e. The van der Waals surface area contributed by atoms with Gasteiger partial charge in [-0.25, -0.2) is 15.0 Å². The molecule has 1 N–H and O–H groups in total. The number of hydrogen-bond donors (Lipinski definition) is 1. The van der Waals surface area contributed by atoms with Crippen LogP contribution in [0.5, 0.6) is 0 Å². The van der Waals surface area contributed by atoms with Gasteiger partial charge in [-0.15, -0.1) is 0 Å². The molecule has 19 heavy (non-hydrogen) atoms. The first kappa shape index (κ1) is 11.4. The Bertz CT molecular complexity index is 620. The van der Waals surface area contributed by atoms with Crippen molar-refractivity contribution in [2.45, 2.75) is 6.54 Å². The molecule has 0 unspecified atom stereocenters. The quantitative estimate of drug-likeness (QED) is 0.773. The van der Waals surface area contributed by atoms with Gasteiger partial charge in [0.05, 0.1) is 18.4 Å². The van der Waals surface area contributed by atoms with E-state index in [0.29, 0.717) is 6.54 Å². The van der Waals surface area contributed by atoms with E-state index in [1.165, 1.54) is 6.39 Å². The highest BCUT2D eigenvalue weighted by molar-refractivity contribution is 5.60. The molecule has 5 heteroatoms. The molecule has 0 spiro atoms. The minimum absolute atomic E-state index is 0.671. The van der Waals surface area contributed by atoms with E-state index in [-0.39, 0.29) is 0 Å². The van der Waals surface area contributed by atoms with Crippen LogP contribution in [-0.4, -0.2) is 15.0 Å². The van der Waals surface area contributed by atoms with Crippen LogP contribution in [0.3, 0.4) is 0 Å². The average molecular weight is 252 g/mol. The lowest BCUT2D eigenvalue weighted by Crippen LogP contribution is -2.01. The summed E-state index contributed by atoms with van der Waals surface area (Å²) in [6.45, 7) is 0.671. The summed E-state index contributed by atoms with van der Waals surface area (Å²) in [5.41, 5.74) is 2.99. The second-order valence-electron chi connectivity index (χ2n) is 4.00. The van der Waals surface area contributed by atoms with Crippen molar-refractivity contribution in [2.24, 2.45) is 0 Å². The molecule has 0 radical (unpaired) electrons. The molecule has 94 valence electrons. The first-order chi connectivity index (χ1) is 9.42. The van der Waals surface area contributed by atoms with Gasteiger partial charge in [0.2, 0.25) is 0 Å². The molecule has 0 aliphatic rings. The van der Waals surface area contributed by atoms with Gasteiger partial charge in [0.1, 0.15) is 6.33 Å². The van der Waals surface area contributed by atoms with Crippen LogP contribution in [-0.2, 0) is 6.54 Å². The predicted molar refractivity (Wildman–Crippen MR) is 71.3 cm³/mol. The summed E-state index contributed by atoms with van der Waals surface area (Å²) in [4.78, 5) is 11.9. The molecule has 0 aliphatic heterocycles. The molecular weight excluding hydrogens is 240 g/mol. The van der Waals surface area contributed by atoms with Gasteiger partial charge in [-0.05, 0) is 30.3 Å². The van der Waals surface area contributed by atoms with Crippen LogP contribution in [0.25, 0.3) is 11.3 Å². The molecule has 3 aromatic rings. The van der Waals surface area contributed by atoms with Gasteiger partial charge in [-0.2, -0.15) is 0 Å². The van der Waals surface area contributed by atoms with Crippen LogP contribution < -0.4 is 5.32 Å². The number of anilines is 1. The summed E-state index contributed by atoms with van der Waals surface area (Å²) in [6, 6.07) is 9.86. The Morgan fingerprint density at radius 2 is 1.95 bits per heavy atom. The monoisotopic (exact) mass is 252 g/mol. The van der Waals surface area contributed by atoms with Crippen LogP contribution in [0.2, 0.25) is 0 Å². The second kappa shape index (κ2) is 5.30. The molecular formula is C14H12N4O. The van der Waals surface area contributed by atoms with E-state index in [4.69, 9.17) is 4.42 Å². The maximum absolute atomic E-state index is 5.24. The number of oxazole rings is 1. The van der Waals surface area contributed by atoms with Crippen molar-refractivity contribution in [3.63, 3.8) is 0 Å². The SMILES string of the molecule is c1cc(CNc2ccc(-c3cnco3)cc2)ncn1. The fraction of sp³-hybridized carbons (Fsp3) is 0.0714. The van der Waals surface area contributed by atoms with Crippen LogP contribution in [0.15, 0.2) is 59.9 Å². The summed E-state index contributed by atoms with van der Waals surface area (Å²) in [5.74, 6) is 0.766. The van der Waals surface area contributed by atoms with Crippen LogP contribution >= 0.6 is 0 Å². The van der Waals surface area contributed by atoms with E-state index in [1.54, 1.807) is 18.7 Å². The van der Waals surface area contributed by atoms with E-state index in [1.807, 2.05) is 30.3 Å². The summed E-state index contributed by atoms with van der Waals surface area (Å²) in [5, 5.41) is 3.30. The molecule has 2 aromatic heterocycles. The number of nitrogens with one attached hydrogen (secondary N) is 1. The molecule has 3 rings (SSSR count). The van der Waals surface area contributed by atoms with Crippen LogP contribution in [0.4, 0.5) is 5.69 Å². The van der Waals surface area contributed by atoms with E-state index >= 15 is 0 Å². The Kier molecular flexibility index (Phi) is 3.18. The molecule has 2 heterocycles. The van der Waals surface area contributed by atoms with Gasteiger partial charge in [-0.3, -0.25) is 0 Å². The zero-order valence-electron chi connectivity index (χ0n) is 10.2. The van der Waals surface area contributed by atoms with E-state index in [2.05, 4.69) is 20.3 Å². The van der Waals surface area contributed by atoms with Crippen molar-refractivity contribution < 1.29 is 4.42 Å². The Morgan fingerprint density at radius 3 is 2.63 bits per heavy atom. The number of rotatable bonds is 4. The minimum atomic E-state index is 0.671. The van der Waals surface area contributed by atoms with Gasteiger partial charge in [-0.1, -0.05) is 0 Å². The topological polar surface area (TPSA) is 63.8 Å². The molecule has 0 atom stereocenters. The highest BCUT2D eigenvalue weighted by Crippen LogP contribution is 2.20. The summed E-state index contributed by atoms with van der Waals surface area (Å²) in [6.07, 6.45) is 6.40. The number of aromatic nitrogens is 3. The Morgan fingerprint density at radius 1 is 1.05 bits per heavy atom. The third-order valence-electron chi connectivity index (χ3n) is 2.72. The first-order valence-electron chi connectivity index (χ1n) is 5.89. The minimum Gasteiger partial charge on any atom is -0.444 e. The lowest BCUT2D eigenvalue weighted by molar-refractivity contribution is 0.572. The van der Waals surface area contributed by atoms with Gasteiger partial charge in [0.25, 0.3) is 0 Å². The average Bonchev–Trinajstić information content (AvgIpc) is 3.01. The molecule has 0 bridgehead atoms. The van der Waals surface area contributed by atoms with Crippen molar-refractivity contribution in [1.29, 1.82) is 0 Å². The first-order valence-corrected chi connectivity index (χ1v) is 5.89. The standard InChI is InChI=1S/C14H12N4O/c1-3-12(17-7-13-5-6-15-9-18-13)4-2-11(1)14-8-16-10-19-14/h1-6,8-10,17H,7H2. The van der Waals surface area contributed by atoms with Crippen molar-refractivity contribution in [3.05, 3.63) is 61.1 Å². The maximum Gasteiger partial charge on any atom is 0.181 e. The third-order valence-corrected chi connectivity index (χ3v) is 2.72. The molecule has 0 saturated carbocycles. The zero-order valence-corrected chi connectivity index (χ0v) is 10.2. The zero-order chi connectivity index (χ0) is 12.9. The van der Waals surface area contributed by atoms with Crippen molar-refractivity contribution in [1.82, 2.24) is 15.0 Å². The van der Waals surface area contributed by atoms with Gasteiger partial charge >= 0.3 is 0 Å².